The van der Waals surface area contributed by atoms with Crippen molar-refractivity contribution in [3.8, 4) is 0 Å². The zero-order chi connectivity index (χ0) is 22.1. The van der Waals surface area contributed by atoms with Crippen LogP contribution in [0.4, 0.5) is 5.69 Å². The molecule has 0 saturated carbocycles. The van der Waals surface area contributed by atoms with Crippen LogP contribution in [0.3, 0.4) is 0 Å². The second-order valence-electron chi connectivity index (χ2n) is 7.46. The molecule has 32 heavy (non-hydrogen) atoms. The maximum atomic E-state index is 12.2. The second kappa shape index (κ2) is 12.8. The molecule has 0 radical (unpaired) electrons. The standard InChI is InChI=1S/C24H30N6O.HI/c1-4-25-24(29(3)17-20-11-9-19(2)10-12-20)26-16-21-7-5-8-22(15-21)28-23(31)18-30-14-6-13-27-30;/h5-15H,4,16-18H2,1-3H3,(H,25,26)(H,28,31);1H. The van der Waals surface area contributed by atoms with E-state index in [0.29, 0.717) is 6.54 Å². The van der Waals surface area contributed by atoms with Crippen molar-refractivity contribution in [2.24, 2.45) is 4.99 Å². The van der Waals surface area contributed by atoms with E-state index in [9.17, 15) is 4.79 Å². The number of carbonyl (C=O) groups is 1. The summed E-state index contributed by atoms with van der Waals surface area (Å²) >= 11 is 0. The lowest BCUT2D eigenvalue weighted by Crippen LogP contribution is -2.38. The first-order valence-electron chi connectivity index (χ1n) is 10.4. The summed E-state index contributed by atoms with van der Waals surface area (Å²) in [5.74, 6) is 0.728. The van der Waals surface area contributed by atoms with Crippen molar-refractivity contribution in [1.82, 2.24) is 20.0 Å². The van der Waals surface area contributed by atoms with E-state index in [0.717, 1.165) is 30.3 Å². The van der Waals surface area contributed by atoms with E-state index in [2.05, 4.69) is 58.7 Å². The number of benzene rings is 2. The molecule has 0 atom stereocenters. The molecule has 1 aromatic heterocycles. The van der Waals surface area contributed by atoms with E-state index in [1.54, 1.807) is 23.1 Å². The highest BCUT2D eigenvalue weighted by Gasteiger charge is 2.08. The molecular weight excluding hydrogens is 515 g/mol. The van der Waals surface area contributed by atoms with E-state index in [1.807, 2.05) is 31.3 Å². The molecule has 2 N–H and O–H groups in total. The highest BCUT2D eigenvalue weighted by atomic mass is 127. The first-order chi connectivity index (χ1) is 15.0. The topological polar surface area (TPSA) is 74.5 Å². The number of aromatic nitrogens is 2. The number of aliphatic imine (C=N–C) groups is 1. The number of nitrogens with zero attached hydrogens (tertiary/aromatic N) is 4. The predicted molar refractivity (Wildman–Crippen MR) is 140 cm³/mol. The third kappa shape index (κ3) is 7.99. The summed E-state index contributed by atoms with van der Waals surface area (Å²) in [5, 5.41) is 10.3. The molecule has 1 amide bonds. The highest BCUT2D eigenvalue weighted by molar-refractivity contribution is 14.0. The van der Waals surface area contributed by atoms with E-state index in [-0.39, 0.29) is 36.4 Å². The van der Waals surface area contributed by atoms with Gasteiger partial charge in [0.15, 0.2) is 5.96 Å². The van der Waals surface area contributed by atoms with Crippen molar-refractivity contribution >= 4 is 41.5 Å². The number of amides is 1. The first-order valence-corrected chi connectivity index (χ1v) is 10.4. The quantitative estimate of drug-likeness (QED) is 0.254. The monoisotopic (exact) mass is 546 g/mol. The molecule has 0 fully saturated rings. The van der Waals surface area contributed by atoms with Gasteiger partial charge in [0.05, 0.1) is 6.54 Å². The van der Waals surface area contributed by atoms with Crippen LogP contribution >= 0.6 is 24.0 Å². The van der Waals surface area contributed by atoms with E-state index < -0.39 is 0 Å². The lowest BCUT2D eigenvalue weighted by Gasteiger charge is -2.22. The molecule has 0 aliphatic heterocycles. The average Bonchev–Trinajstić information content (AvgIpc) is 3.26. The molecule has 170 valence electrons. The number of aryl methyl sites for hydroxylation is 1. The van der Waals surface area contributed by atoms with Gasteiger partial charge in [0.2, 0.25) is 5.91 Å². The molecule has 0 aliphatic carbocycles. The van der Waals surface area contributed by atoms with Crippen LogP contribution in [0.25, 0.3) is 0 Å². The molecule has 1 heterocycles. The molecule has 0 bridgehead atoms. The van der Waals surface area contributed by atoms with Gasteiger partial charge < -0.3 is 15.5 Å². The van der Waals surface area contributed by atoms with E-state index >= 15 is 0 Å². The van der Waals surface area contributed by atoms with Crippen molar-refractivity contribution in [3.63, 3.8) is 0 Å². The molecule has 2 aromatic carbocycles. The van der Waals surface area contributed by atoms with Crippen LogP contribution in [0.15, 0.2) is 72.0 Å². The summed E-state index contributed by atoms with van der Waals surface area (Å²) in [5.41, 5.74) is 4.27. The molecule has 7 nitrogen and oxygen atoms in total. The summed E-state index contributed by atoms with van der Waals surface area (Å²) in [6.07, 6.45) is 3.42. The Kier molecular flexibility index (Phi) is 10.2. The summed E-state index contributed by atoms with van der Waals surface area (Å²) in [7, 11) is 2.03. The number of halogens is 1. The molecule has 8 heteroatoms. The van der Waals surface area contributed by atoms with E-state index in [4.69, 9.17) is 4.99 Å². The summed E-state index contributed by atoms with van der Waals surface area (Å²) in [6.45, 7) is 6.42. The SMILES string of the molecule is CCNC(=NCc1cccc(NC(=O)Cn2cccn2)c1)N(C)Cc1ccc(C)cc1.I. The van der Waals surface area contributed by atoms with Crippen molar-refractivity contribution in [2.75, 3.05) is 18.9 Å². The Morgan fingerprint density at radius 2 is 1.91 bits per heavy atom. The number of anilines is 1. The minimum absolute atomic E-state index is 0. The second-order valence-corrected chi connectivity index (χ2v) is 7.46. The van der Waals surface area contributed by atoms with E-state index in [1.165, 1.54) is 11.1 Å². The molecule has 0 spiro atoms. The van der Waals surface area contributed by atoms with Crippen molar-refractivity contribution in [1.29, 1.82) is 0 Å². The Hall–Kier alpha value is -2.88. The van der Waals surface area contributed by atoms with Crippen molar-refractivity contribution < 1.29 is 4.79 Å². The zero-order valence-electron chi connectivity index (χ0n) is 18.8. The fourth-order valence-corrected chi connectivity index (χ4v) is 3.17. The third-order valence-corrected chi connectivity index (χ3v) is 4.72. The molecule has 0 unspecified atom stereocenters. The molecule has 0 saturated heterocycles. The van der Waals surface area contributed by atoms with Gasteiger partial charge in [0.1, 0.15) is 6.54 Å². The molecule has 3 aromatic rings. The summed E-state index contributed by atoms with van der Waals surface area (Å²) in [4.78, 5) is 19.1. The van der Waals surface area contributed by atoms with Gasteiger partial charge in [-0.15, -0.1) is 24.0 Å². The van der Waals surface area contributed by atoms with Crippen LogP contribution in [-0.2, 0) is 24.4 Å². The number of rotatable bonds is 8. The Labute approximate surface area is 206 Å². The maximum Gasteiger partial charge on any atom is 0.246 e. The van der Waals surface area contributed by atoms with Crippen LogP contribution < -0.4 is 10.6 Å². The Bertz CT molecular complexity index is 1000. The third-order valence-electron chi connectivity index (χ3n) is 4.72. The summed E-state index contributed by atoms with van der Waals surface area (Å²) in [6, 6.07) is 18.1. The number of carbonyl (C=O) groups excluding carboxylic acids is 1. The normalized spacial score (nSPS) is 10.9. The van der Waals surface area contributed by atoms with Crippen molar-refractivity contribution in [3.05, 3.63) is 83.7 Å². The highest BCUT2D eigenvalue weighted by Crippen LogP contribution is 2.12. The maximum absolute atomic E-state index is 12.2. The van der Waals surface area contributed by atoms with Gasteiger partial charge in [0, 0.05) is 38.2 Å². The van der Waals surface area contributed by atoms with Gasteiger partial charge in [-0.25, -0.2) is 4.99 Å². The van der Waals surface area contributed by atoms with Gasteiger partial charge in [-0.05, 0) is 43.2 Å². The van der Waals surface area contributed by atoms with Crippen LogP contribution in [-0.4, -0.2) is 40.1 Å². The molecular formula is C24H31IN6O. The predicted octanol–water partition coefficient (Wildman–Crippen LogP) is 4.05. The van der Waals surface area contributed by atoms with Gasteiger partial charge in [0.25, 0.3) is 0 Å². The van der Waals surface area contributed by atoms with Gasteiger partial charge >= 0.3 is 0 Å². The number of hydrogen-bond donors (Lipinski definition) is 2. The minimum Gasteiger partial charge on any atom is -0.357 e. The van der Waals surface area contributed by atoms with Crippen LogP contribution in [0.1, 0.15) is 23.6 Å². The smallest absolute Gasteiger partial charge is 0.246 e. The Morgan fingerprint density at radius 3 is 2.59 bits per heavy atom. The average molecular weight is 546 g/mol. The number of guanidine groups is 1. The zero-order valence-corrected chi connectivity index (χ0v) is 21.1. The van der Waals surface area contributed by atoms with Crippen LogP contribution in [0.2, 0.25) is 0 Å². The van der Waals surface area contributed by atoms with Crippen molar-refractivity contribution in [2.45, 2.75) is 33.5 Å². The van der Waals surface area contributed by atoms with Gasteiger partial charge in [-0.3, -0.25) is 9.48 Å². The largest absolute Gasteiger partial charge is 0.357 e. The minimum atomic E-state index is -0.115. The van der Waals surface area contributed by atoms with Crippen LogP contribution in [0.5, 0.6) is 0 Å². The molecule has 3 rings (SSSR count). The fraction of sp³-hybridized carbons (Fsp3) is 0.292. The lowest BCUT2D eigenvalue weighted by molar-refractivity contribution is -0.116. The Morgan fingerprint density at radius 1 is 1.12 bits per heavy atom. The van der Waals surface area contributed by atoms with Gasteiger partial charge in [-0.1, -0.05) is 42.0 Å². The fourth-order valence-electron chi connectivity index (χ4n) is 3.17. The molecule has 0 aliphatic rings. The summed E-state index contributed by atoms with van der Waals surface area (Å²) < 4.78 is 1.59. The number of nitrogens with one attached hydrogen (secondary N) is 2. The first kappa shape index (κ1) is 25.4. The lowest BCUT2D eigenvalue weighted by atomic mass is 10.1. The Balaban J connectivity index is 0.00000363. The number of hydrogen-bond acceptors (Lipinski definition) is 3. The van der Waals surface area contributed by atoms with Gasteiger partial charge in [-0.2, -0.15) is 5.10 Å². The van der Waals surface area contributed by atoms with Crippen LogP contribution in [0, 0.1) is 6.92 Å².